The van der Waals surface area contributed by atoms with Crippen LogP contribution in [0.3, 0.4) is 0 Å². The molecule has 0 radical (unpaired) electrons. The van der Waals surface area contributed by atoms with Crippen molar-refractivity contribution in [2.24, 2.45) is 10.8 Å². The topological polar surface area (TPSA) is 108 Å². The van der Waals surface area contributed by atoms with E-state index in [1.165, 1.54) is 0 Å². The van der Waals surface area contributed by atoms with Gasteiger partial charge in [0.2, 0.25) is 0 Å². The van der Waals surface area contributed by atoms with Crippen LogP contribution in [0.25, 0.3) is 11.1 Å². The van der Waals surface area contributed by atoms with Crippen molar-refractivity contribution in [2.45, 2.75) is 13.8 Å². The third kappa shape index (κ3) is 10.1. The van der Waals surface area contributed by atoms with Gasteiger partial charge in [0.05, 0.1) is 90.4 Å². The number of rotatable bonds is 19. The van der Waals surface area contributed by atoms with Gasteiger partial charge in [-0.1, -0.05) is 38.1 Å². The highest BCUT2D eigenvalue weighted by Gasteiger charge is 2.34. The van der Waals surface area contributed by atoms with Crippen LogP contribution in [0.1, 0.15) is 34.6 Å². The summed E-state index contributed by atoms with van der Waals surface area (Å²) in [5.74, 6) is -0.849. The second-order valence-corrected chi connectivity index (χ2v) is 11.4. The summed E-state index contributed by atoms with van der Waals surface area (Å²) in [4.78, 5) is 24.9. The fraction of sp³-hybridized carbons (Fsp3) is 0.562. The van der Waals surface area contributed by atoms with Gasteiger partial charge in [-0.25, -0.2) is 9.59 Å². The minimum atomic E-state index is -0.425. The lowest BCUT2D eigenvalue weighted by molar-refractivity contribution is -0.141. The highest BCUT2D eigenvalue weighted by atomic mass is 16.6. The Bertz CT molecular complexity index is 1120. The molecule has 10 heteroatoms. The number of hydrogen-bond donors (Lipinski definition) is 0. The van der Waals surface area contributed by atoms with Crippen LogP contribution in [-0.2, 0) is 37.9 Å². The molecule has 230 valence electrons. The number of esters is 2. The van der Waals surface area contributed by atoms with E-state index in [0.29, 0.717) is 64.0 Å². The van der Waals surface area contributed by atoms with E-state index >= 15 is 0 Å². The summed E-state index contributed by atoms with van der Waals surface area (Å²) in [6, 6.07) is 14.2. The predicted octanol–water partition coefficient (Wildman–Crippen LogP) is 3.81. The second kappa shape index (κ2) is 16.1. The molecule has 10 nitrogen and oxygen atoms in total. The van der Waals surface area contributed by atoms with Gasteiger partial charge >= 0.3 is 11.9 Å². The van der Waals surface area contributed by atoms with Gasteiger partial charge < -0.3 is 37.9 Å². The maximum Gasteiger partial charge on any atom is 0.338 e. The summed E-state index contributed by atoms with van der Waals surface area (Å²) < 4.78 is 43.2. The van der Waals surface area contributed by atoms with Crippen LogP contribution in [0.5, 0.6) is 0 Å². The molecule has 0 atom stereocenters. The molecule has 0 saturated carbocycles. The zero-order valence-corrected chi connectivity index (χ0v) is 24.6. The van der Waals surface area contributed by atoms with Gasteiger partial charge in [0.15, 0.2) is 0 Å². The van der Waals surface area contributed by atoms with Crippen LogP contribution in [0.4, 0.5) is 0 Å². The average Bonchev–Trinajstić information content (AvgIpc) is 2.97. The zero-order chi connectivity index (χ0) is 29.7. The van der Waals surface area contributed by atoms with Crippen LogP contribution in [0.2, 0.25) is 0 Å². The van der Waals surface area contributed by atoms with Crippen molar-refractivity contribution in [3.8, 4) is 11.1 Å². The molecule has 2 aliphatic heterocycles. The second-order valence-electron chi connectivity index (χ2n) is 11.4. The first-order valence-corrected chi connectivity index (χ1v) is 14.4. The summed E-state index contributed by atoms with van der Waals surface area (Å²) in [5.41, 5.74) is 2.80. The smallest absolute Gasteiger partial charge is 0.338 e. The minimum Gasteiger partial charge on any atom is -0.460 e. The molecule has 2 fully saturated rings. The fourth-order valence-corrected chi connectivity index (χ4v) is 4.32. The van der Waals surface area contributed by atoms with E-state index in [1.54, 1.807) is 30.3 Å². The molecule has 0 unspecified atom stereocenters. The predicted molar refractivity (Wildman–Crippen MR) is 154 cm³/mol. The van der Waals surface area contributed by atoms with Crippen LogP contribution < -0.4 is 0 Å². The molecule has 2 aromatic rings. The van der Waals surface area contributed by atoms with Crippen LogP contribution in [-0.4, -0.2) is 104 Å². The van der Waals surface area contributed by atoms with E-state index in [1.807, 2.05) is 18.2 Å². The van der Waals surface area contributed by atoms with Gasteiger partial charge in [-0.05, 0) is 35.4 Å². The largest absolute Gasteiger partial charge is 0.460 e. The summed E-state index contributed by atoms with van der Waals surface area (Å²) in [6.45, 7) is 11.2. The number of hydrogen-bond acceptors (Lipinski definition) is 10. The van der Waals surface area contributed by atoms with E-state index in [0.717, 1.165) is 37.6 Å². The molecule has 0 N–H and O–H groups in total. The Kier molecular flexibility index (Phi) is 12.3. The third-order valence-corrected chi connectivity index (χ3v) is 6.92. The highest BCUT2D eigenvalue weighted by Crippen LogP contribution is 2.27. The average molecular weight is 587 g/mol. The van der Waals surface area contributed by atoms with Crippen molar-refractivity contribution in [3.05, 3.63) is 59.7 Å². The van der Waals surface area contributed by atoms with E-state index in [4.69, 9.17) is 37.9 Å². The van der Waals surface area contributed by atoms with E-state index in [9.17, 15) is 9.59 Å². The van der Waals surface area contributed by atoms with Crippen molar-refractivity contribution < 1.29 is 47.5 Å². The van der Waals surface area contributed by atoms with E-state index in [-0.39, 0.29) is 24.0 Å². The first kappa shape index (κ1) is 32.1. The lowest BCUT2D eigenvalue weighted by Crippen LogP contribution is -2.43. The summed E-state index contributed by atoms with van der Waals surface area (Å²) in [6.07, 6.45) is 0. The number of carbonyl (C=O) groups excluding carboxylic acids is 2. The standard InChI is InChI=1S/C32H42O10/c1-31(21-39-22-31)19-37-12-10-35-14-16-41-29(33)26-8-6-25(7-9-26)27-4-3-5-28(18-27)30(34)42-17-15-36-11-13-38-20-32(2)23-40-24-32/h3-9,18H,10-17,19-24H2,1-2H3. The molecular weight excluding hydrogens is 544 g/mol. The van der Waals surface area contributed by atoms with Crippen LogP contribution >= 0.6 is 0 Å². The number of ether oxygens (including phenoxy) is 8. The van der Waals surface area contributed by atoms with E-state index in [2.05, 4.69) is 13.8 Å². The molecule has 2 aromatic carbocycles. The molecule has 0 spiro atoms. The summed E-state index contributed by atoms with van der Waals surface area (Å²) in [7, 11) is 0. The number of carbonyl (C=O) groups is 2. The maximum absolute atomic E-state index is 12.5. The van der Waals surface area contributed by atoms with Gasteiger partial charge in [-0.2, -0.15) is 0 Å². The Labute approximate surface area is 247 Å². The molecule has 0 amide bonds. The fourth-order valence-electron chi connectivity index (χ4n) is 4.32. The quantitative estimate of drug-likeness (QED) is 0.178. The Morgan fingerprint density at radius 3 is 1.57 bits per heavy atom. The molecule has 0 aliphatic carbocycles. The zero-order valence-electron chi connectivity index (χ0n) is 24.6. The lowest BCUT2D eigenvalue weighted by Gasteiger charge is -2.37. The highest BCUT2D eigenvalue weighted by molar-refractivity contribution is 5.92. The molecule has 2 aliphatic rings. The van der Waals surface area contributed by atoms with Crippen molar-refractivity contribution in [3.63, 3.8) is 0 Å². The SMILES string of the molecule is CC1(COCCOCCOC(=O)c2ccc(-c3cccc(C(=O)OCCOCCOCC4(C)COC4)c3)cc2)COC1. The monoisotopic (exact) mass is 586 g/mol. The normalized spacial score (nSPS) is 16.7. The van der Waals surface area contributed by atoms with Gasteiger partial charge in [-0.3, -0.25) is 0 Å². The summed E-state index contributed by atoms with van der Waals surface area (Å²) >= 11 is 0. The Morgan fingerprint density at radius 2 is 1.07 bits per heavy atom. The lowest BCUT2D eigenvalue weighted by atomic mass is 9.90. The van der Waals surface area contributed by atoms with Gasteiger partial charge in [0.1, 0.15) is 13.2 Å². The molecule has 0 bridgehead atoms. The molecule has 4 rings (SSSR count). The molecule has 0 aromatic heterocycles. The molecule has 2 saturated heterocycles. The van der Waals surface area contributed by atoms with Gasteiger partial charge in [0.25, 0.3) is 0 Å². The van der Waals surface area contributed by atoms with Crippen LogP contribution in [0.15, 0.2) is 48.5 Å². The molecular formula is C32H42O10. The Morgan fingerprint density at radius 1 is 0.595 bits per heavy atom. The molecule has 2 heterocycles. The molecule has 42 heavy (non-hydrogen) atoms. The number of benzene rings is 2. The van der Waals surface area contributed by atoms with Gasteiger partial charge in [0, 0.05) is 10.8 Å². The van der Waals surface area contributed by atoms with Crippen molar-refractivity contribution in [1.29, 1.82) is 0 Å². The van der Waals surface area contributed by atoms with Gasteiger partial charge in [-0.15, -0.1) is 0 Å². The van der Waals surface area contributed by atoms with Crippen molar-refractivity contribution in [1.82, 2.24) is 0 Å². The van der Waals surface area contributed by atoms with Crippen molar-refractivity contribution >= 4 is 11.9 Å². The minimum absolute atomic E-state index is 0.119. The van der Waals surface area contributed by atoms with E-state index < -0.39 is 11.9 Å². The first-order valence-electron chi connectivity index (χ1n) is 14.4. The maximum atomic E-state index is 12.5. The van der Waals surface area contributed by atoms with Crippen molar-refractivity contribution in [2.75, 3.05) is 92.5 Å². The Hall–Kier alpha value is -2.86. The Balaban J connectivity index is 1.09. The third-order valence-electron chi connectivity index (χ3n) is 6.92. The van der Waals surface area contributed by atoms with Crippen LogP contribution in [0, 0.1) is 10.8 Å². The first-order chi connectivity index (χ1) is 20.4. The summed E-state index contributed by atoms with van der Waals surface area (Å²) in [5, 5.41) is 0.